The first-order valence-electron chi connectivity index (χ1n) is 21.1. The summed E-state index contributed by atoms with van der Waals surface area (Å²) in [6, 6.07) is 68.4. The van der Waals surface area contributed by atoms with Gasteiger partial charge in [-0.3, -0.25) is 0 Å². The van der Waals surface area contributed by atoms with E-state index in [2.05, 4.69) is 196 Å². The molecule has 0 amide bonds. The van der Waals surface area contributed by atoms with E-state index in [0.717, 1.165) is 27.5 Å². The van der Waals surface area contributed by atoms with Gasteiger partial charge in [0, 0.05) is 21.8 Å². The normalized spacial score (nSPS) is 15.8. The molecule has 1 aliphatic carbocycles. The van der Waals surface area contributed by atoms with Crippen LogP contribution in [0.3, 0.4) is 0 Å². The highest BCUT2D eigenvalue weighted by molar-refractivity contribution is 8.34. The summed E-state index contributed by atoms with van der Waals surface area (Å²) in [6.07, 6.45) is 2.60. The molecule has 2 heterocycles. The zero-order valence-corrected chi connectivity index (χ0v) is 34.3. The molecular weight excluding hydrogens is 733 g/mol. The van der Waals surface area contributed by atoms with Gasteiger partial charge >= 0.3 is 0 Å². The topological polar surface area (TPSA) is 13.1 Å². The highest BCUT2D eigenvalue weighted by Gasteiger charge is 2.36. The smallest absolute Gasteiger partial charge is 0.143 e. The molecule has 1 aliphatic heterocycles. The molecule has 0 N–H and O–H groups in total. The van der Waals surface area contributed by atoms with Crippen LogP contribution in [0, 0.1) is 0 Å². The lowest BCUT2D eigenvalue weighted by molar-refractivity contribution is 0.660. The van der Waals surface area contributed by atoms with Crippen LogP contribution in [0.25, 0.3) is 88.0 Å². The number of para-hydroxylation sites is 1. The molecule has 1 nitrogen and oxygen atoms in total. The van der Waals surface area contributed by atoms with Gasteiger partial charge in [-0.25, -0.2) is 0 Å². The second-order valence-electron chi connectivity index (χ2n) is 17.1. The minimum absolute atomic E-state index is 0.0780. The summed E-state index contributed by atoms with van der Waals surface area (Å²) in [5.74, 6) is 2.54. The molecule has 0 radical (unpaired) electrons. The maximum atomic E-state index is 6.78. The van der Waals surface area contributed by atoms with Gasteiger partial charge in [-0.2, -0.15) is 10.0 Å². The van der Waals surface area contributed by atoms with E-state index in [1.54, 1.807) is 0 Å². The number of hydrogen-bond donors (Lipinski definition) is 0. The van der Waals surface area contributed by atoms with Gasteiger partial charge in [0.05, 0.1) is 0 Å². The summed E-state index contributed by atoms with van der Waals surface area (Å²) in [7, 11) is -1.05. The third kappa shape index (κ3) is 5.12. The van der Waals surface area contributed by atoms with E-state index < -0.39 is 10.0 Å². The van der Waals surface area contributed by atoms with Gasteiger partial charge in [-0.15, -0.1) is 0 Å². The van der Waals surface area contributed by atoms with E-state index >= 15 is 0 Å². The third-order valence-electron chi connectivity index (χ3n) is 13.6. The van der Waals surface area contributed by atoms with Crippen molar-refractivity contribution in [2.75, 3.05) is 11.5 Å². The minimum Gasteiger partial charge on any atom is -0.455 e. The van der Waals surface area contributed by atoms with Gasteiger partial charge in [-0.1, -0.05) is 147 Å². The molecule has 1 fully saturated rings. The van der Waals surface area contributed by atoms with Gasteiger partial charge in [0.15, 0.2) is 0 Å². The zero-order valence-electron chi connectivity index (χ0n) is 33.5. The summed E-state index contributed by atoms with van der Waals surface area (Å²) in [5.41, 5.74) is 14.6. The van der Waals surface area contributed by atoms with E-state index in [-0.39, 0.29) is 5.41 Å². The average Bonchev–Trinajstić information content (AvgIpc) is 4.00. The Morgan fingerprint density at radius 1 is 0.407 bits per heavy atom. The van der Waals surface area contributed by atoms with Gasteiger partial charge in [0.25, 0.3) is 0 Å². The van der Waals surface area contributed by atoms with Crippen molar-refractivity contribution >= 4 is 53.5 Å². The molecule has 0 unspecified atom stereocenters. The number of hydrogen-bond acceptors (Lipinski definition) is 1. The minimum atomic E-state index is -1.05. The summed E-state index contributed by atoms with van der Waals surface area (Å²) in [5, 5.41) is 7.34. The number of fused-ring (bicyclic) bond motifs is 8. The average molecular weight is 777 g/mol. The molecule has 12 rings (SSSR count). The van der Waals surface area contributed by atoms with Gasteiger partial charge in [-0.05, 0) is 154 Å². The summed E-state index contributed by atoms with van der Waals surface area (Å²) in [6.45, 7) is 4.75. The Kier molecular flexibility index (Phi) is 7.69. The van der Waals surface area contributed by atoms with Crippen molar-refractivity contribution in [2.24, 2.45) is 0 Å². The van der Waals surface area contributed by atoms with Gasteiger partial charge in [0.1, 0.15) is 11.2 Å². The molecule has 0 atom stereocenters. The van der Waals surface area contributed by atoms with E-state index in [4.69, 9.17) is 4.42 Å². The molecule has 0 spiro atoms. The van der Waals surface area contributed by atoms with Crippen LogP contribution in [0.15, 0.2) is 196 Å². The zero-order chi connectivity index (χ0) is 39.3. The van der Waals surface area contributed by atoms with Crippen molar-refractivity contribution < 1.29 is 4.42 Å². The van der Waals surface area contributed by atoms with Crippen LogP contribution >= 0.6 is 10.0 Å². The molecule has 2 heteroatoms. The Morgan fingerprint density at radius 3 is 1.64 bits per heavy atom. The van der Waals surface area contributed by atoms with E-state index in [0.29, 0.717) is 0 Å². The predicted octanol–water partition coefficient (Wildman–Crippen LogP) is 16.2. The molecule has 0 bridgehead atoms. The predicted molar refractivity (Wildman–Crippen MR) is 252 cm³/mol. The lowest BCUT2D eigenvalue weighted by Gasteiger charge is -2.37. The Balaban J connectivity index is 1.08. The Hall–Kier alpha value is -6.35. The largest absolute Gasteiger partial charge is 0.455 e. The lowest BCUT2D eigenvalue weighted by Crippen LogP contribution is -2.14. The Bertz CT molecular complexity index is 3230. The van der Waals surface area contributed by atoms with Crippen molar-refractivity contribution in [3.8, 4) is 44.5 Å². The second kappa shape index (κ2) is 13.1. The molecule has 59 heavy (non-hydrogen) atoms. The van der Waals surface area contributed by atoms with Crippen LogP contribution in [0.5, 0.6) is 0 Å². The fourth-order valence-corrected chi connectivity index (χ4v) is 14.9. The maximum absolute atomic E-state index is 6.78. The van der Waals surface area contributed by atoms with Crippen LogP contribution in [-0.4, -0.2) is 11.5 Å². The summed E-state index contributed by atoms with van der Waals surface area (Å²) >= 11 is 0. The van der Waals surface area contributed by atoms with Crippen molar-refractivity contribution in [1.82, 2.24) is 0 Å². The molecule has 1 saturated heterocycles. The van der Waals surface area contributed by atoms with Gasteiger partial charge in [0.2, 0.25) is 0 Å². The quantitative estimate of drug-likeness (QED) is 0.159. The molecule has 284 valence electrons. The molecule has 1 aromatic heterocycles. The van der Waals surface area contributed by atoms with Crippen LogP contribution in [0.1, 0.15) is 37.8 Å². The van der Waals surface area contributed by atoms with E-state index in [1.165, 1.54) is 106 Å². The van der Waals surface area contributed by atoms with E-state index in [1.807, 2.05) is 0 Å². The SMILES string of the molecule is CC1(C)c2ccccc2-c2ccc(-c3c4ccccc4c(-c4cc(-c5ccc(S6(c7ccccc7)CCCC6)cc5)c5oc6ccccc6c5c4)c4ccccc34)cc21. The first kappa shape index (κ1) is 34.7. The molecule has 9 aromatic carbocycles. The highest BCUT2D eigenvalue weighted by atomic mass is 32.3. The first-order chi connectivity index (χ1) is 29.0. The van der Waals surface area contributed by atoms with Crippen LogP contribution in [0.2, 0.25) is 0 Å². The number of furan rings is 1. The molecular formula is C57H44OS. The van der Waals surface area contributed by atoms with Crippen molar-refractivity contribution in [3.63, 3.8) is 0 Å². The monoisotopic (exact) mass is 776 g/mol. The van der Waals surface area contributed by atoms with Crippen LogP contribution in [-0.2, 0) is 5.41 Å². The lowest BCUT2D eigenvalue weighted by atomic mass is 9.80. The maximum Gasteiger partial charge on any atom is 0.143 e. The van der Waals surface area contributed by atoms with Crippen molar-refractivity contribution in [2.45, 2.75) is 41.9 Å². The number of rotatable bonds is 5. The third-order valence-corrected chi connectivity index (χ3v) is 17.9. The van der Waals surface area contributed by atoms with Crippen LogP contribution in [0.4, 0.5) is 0 Å². The Labute approximate surface area is 347 Å². The van der Waals surface area contributed by atoms with E-state index in [9.17, 15) is 0 Å². The van der Waals surface area contributed by atoms with Gasteiger partial charge < -0.3 is 4.42 Å². The fourth-order valence-electron chi connectivity index (χ4n) is 10.8. The molecule has 0 saturated carbocycles. The summed E-state index contributed by atoms with van der Waals surface area (Å²) < 4.78 is 6.78. The highest BCUT2D eigenvalue weighted by Crippen LogP contribution is 2.66. The molecule has 10 aromatic rings. The van der Waals surface area contributed by atoms with Crippen molar-refractivity contribution in [3.05, 3.63) is 193 Å². The van der Waals surface area contributed by atoms with Crippen molar-refractivity contribution in [1.29, 1.82) is 0 Å². The Morgan fingerprint density at radius 2 is 0.949 bits per heavy atom. The number of benzene rings is 9. The summed E-state index contributed by atoms with van der Waals surface area (Å²) in [4.78, 5) is 3.01. The molecule has 2 aliphatic rings. The standard InChI is InChI=1S/C57H44OS/c1-57(2)51-24-12-10-18-42(51)43-31-28-38(36-52(43)57)54-45-20-6-8-22-47(45)55(48-23-9-7-21-46(48)54)39-34-49(56-50(35-39)44-19-11-13-25-53(44)58-56)37-26-29-41(30-27-37)59(32-14-15-33-59)40-16-4-3-5-17-40/h3-13,16-31,34-36H,14-15,32-33H2,1-2H3. The first-order valence-corrected chi connectivity index (χ1v) is 23.0. The second-order valence-corrected chi connectivity index (χ2v) is 20.6. The fraction of sp³-hybridized carbons (Fsp3) is 0.123. The van der Waals surface area contributed by atoms with Crippen LogP contribution < -0.4 is 0 Å².